The van der Waals surface area contributed by atoms with Crippen LogP contribution in [0.25, 0.3) is 0 Å². The van der Waals surface area contributed by atoms with Crippen LogP contribution in [0.2, 0.25) is 0 Å². The van der Waals surface area contributed by atoms with Crippen LogP contribution in [0.4, 0.5) is 0 Å². The van der Waals surface area contributed by atoms with Gasteiger partial charge in [0.05, 0.1) is 22.5 Å². The molecule has 0 aliphatic rings. The number of primary amides is 1. The third-order valence-corrected chi connectivity index (χ3v) is 4.71. The third-order valence-electron chi connectivity index (χ3n) is 4.03. The number of carbonyl (C=O) groups excluding carboxylic acids is 1. The molecule has 3 N–H and O–H groups in total. The van der Waals surface area contributed by atoms with Crippen LogP contribution in [0, 0.1) is 0 Å². The second kappa shape index (κ2) is 25.1. The molecule has 0 rings (SSSR count). The Morgan fingerprint density at radius 3 is 1.68 bits per heavy atom. The molecule has 0 bridgehead atoms. The average Bonchev–Trinajstić information content (AvgIpc) is 2.57. The summed E-state index contributed by atoms with van der Waals surface area (Å²) in [4.78, 5) is 10.5. The molecule has 0 heterocycles. The van der Waals surface area contributed by atoms with Gasteiger partial charge in [0.25, 0.3) is 0 Å². The van der Waals surface area contributed by atoms with E-state index in [1.165, 1.54) is 70.6 Å². The van der Waals surface area contributed by atoms with Crippen LogP contribution in [0.3, 0.4) is 0 Å². The van der Waals surface area contributed by atoms with E-state index in [1.54, 1.807) is 0 Å². The summed E-state index contributed by atoms with van der Waals surface area (Å²) in [6.45, 7) is 1.67. The smallest absolute Gasteiger partial charge is 0.748 e. The molecule has 0 radical (unpaired) electrons. The van der Waals surface area contributed by atoms with Crippen LogP contribution >= 0.6 is 0 Å². The van der Waals surface area contributed by atoms with Crippen LogP contribution < -0.4 is 35.3 Å². The molecule has 8 heteroatoms. The summed E-state index contributed by atoms with van der Waals surface area (Å²) in [5.41, 5.74) is 5.10. The summed E-state index contributed by atoms with van der Waals surface area (Å²) in [5.74, 6) is -0.852. The number of carbonyl (C=O) groups is 1. The normalized spacial score (nSPS) is 11.0. The number of allylic oxidation sites excluding steroid dienone is 2. The molecule has 1 amide bonds. The van der Waals surface area contributed by atoms with E-state index in [0.717, 1.165) is 12.8 Å². The standard InChI is InChI=1S/C18H35NO.C2H6O4S.Na/c1-2-3-4-5-6-7-8-9-10-11-12-13-14-15-16-17-18(19)20;3-1-2-7(4,5)6;/h9-10H,2-8,11-17H2,1H3,(H2,19,20);3H,1-2H2,(H,4,5,6);/q;;+1/p-1/b10-9-;;. The molecule has 0 aliphatic heterocycles. The fraction of sp³-hybridized carbons (Fsp3) is 0.850. The maximum Gasteiger partial charge on any atom is 1.00 e. The van der Waals surface area contributed by atoms with Crippen molar-refractivity contribution in [1.82, 2.24) is 0 Å². The van der Waals surface area contributed by atoms with E-state index < -0.39 is 22.5 Å². The molecular weight excluding hydrogens is 389 g/mol. The second-order valence-corrected chi connectivity index (χ2v) is 8.31. The number of nitrogens with two attached hydrogens (primary N) is 1. The van der Waals surface area contributed by atoms with Crippen molar-refractivity contribution in [1.29, 1.82) is 0 Å². The van der Waals surface area contributed by atoms with Crippen molar-refractivity contribution < 1.29 is 52.4 Å². The van der Waals surface area contributed by atoms with Crippen molar-refractivity contribution in [2.24, 2.45) is 5.73 Å². The first-order valence-electron chi connectivity index (χ1n) is 10.3. The number of aliphatic hydroxyl groups is 1. The van der Waals surface area contributed by atoms with E-state index in [0.29, 0.717) is 6.42 Å². The summed E-state index contributed by atoms with van der Waals surface area (Å²) in [6.07, 6.45) is 21.9. The number of aliphatic hydroxyl groups excluding tert-OH is 1. The van der Waals surface area contributed by atoms with Gasteiger partial charge in [-0.2, -0.15) is 0 Å². The van der Waals surface area contributed by atoms with Crippen LogP contribution in [-0.2, 0) is 14.9 Å². The number of amides is 1. The molecule has 0 aromatic rings. The molecule has 28 heavy (non-hydrogen) atoms. The summed E-state index contributed by atoms with van der Waals surface area (Å²) in [5, 5.41) is 7.82. The first-order valence-corrected chi connectivity index (χ1v) is 11.9. The van der Waals surface area contributed by atoms with Crippen molar-refractivity contribution >= 4 is 16.0 Å². The molecule has 0 atom stereocenters. The van der Waals surface area contributed by atoms with Gasteiger partial charge in [-0.1, -0.05) is 70.4 Å². The van der Waals surface area contributed by atoms with Gasteiger partial charge >= 0.3 is 29.6 Å². The maximum atomic E-state index is 10.5. The molecule has 0 aromatic heterocycles. The summed E-state index contributed by atoms with van der Waals surface area (Å²) >= 11 is 0. The Bertz CT molecular complexity index is 456. The molecule has 0 unspecified atom stereocenters. The Labute approximate surface area is 194 Å². The first-order chi connectivity index (χ1) is 12.8. The summed E-state index contributed by atoms with van der Waals surface area (Å²) in [7, 11) is -4.17. The second-order valence-electron chi connectivity index (χ2n) is 6.79. The minimum atomic E-state index is -4.17. The Balaban J connectivity index is -0.000000665. The monoisotopic (exact) mass is 429 g/mol. The first kappa shape index (κ1) is 32.7. The fourth-order valence-electron chi connectivity index (χ4n) is 2.48. The van der Waals surface area contributed by atoms with Gasteiger partial charge in [-0.25, -0.2) is 8.42 Å². The Kier molecular flexibility index (Phi) is 29.4. The van der Waals surface area contributed by atoms with Crippen LogP contribution in [-0.4, -0.2) is 36.3 Å². The number of unbranched alkanes of at least 4 members (excludes halogenated alkanes) is 11. The molecule has 0 aliphatic carbocycles. The zero-order chi connectivity index (χ0) is 20.8. The Morgan fingerprint density at radius 2 is 1.32 bits per heavy atom. The van der Waals surface area contributed by atoms with E-state index >= 15 is 0 Å². The predicted octanol–water partition coefficient (Wildman–Crippen LogP) is 1.04. The minimum Gasteiger partial charge on any atom is -0.748 e. The van der Waals surface area contributed by atoms with E-state index in [2.05, 4.69) is 19.1 Å². The van der Waals surface area contributed by atoms with Crippen LogP contribution in [0.1, 0.15) is 96.8 Å². The molecule has 6 nitrogen and oxygen atoms in total. The minimum absolute atomic E-state index is 0. The van der Waals surface area contributed by atoms with E-state index in [4.69, 9.17) is 10.8 Å². The zero-order valence-electron chi connectivity index (χ0n) is 18.0. The molecule has 0 saturated carbocycles. The van der Waals surface area contributed by atoms with E-state index in [9.17, 15) is 17.8 Å². The molecule has 162 valence electrons. The van der Waals surface area contributed by atoms with Gasteiger partial charge in [-0.15, -0.1) is 0 Å². The number of hydrogen-bond acceptors (Lipinski definition) is 5. The number of hydrogen-bond donors (Lipinski definition) is 2. The quantitative estimate of drug-likeness (QED) is 0.155. The Morgan fingerprint density at radius 1 is 0.893 bits per heavy atom. The van der Waals surface area contributed by atoms with Crippen LogP contribution in [0.5, 0.6) is 0 Å². The van der Waals surface area contributed by atoms with Crippen LogP contribution in [0.15, 0.2) is 12.2 Å². The zero-order valence-corrected chi connectivity index (χ0v) is 20.9. The van der Waals surface area contributed by atoms with Gasteiger partial charge in [0.2, 0.25) is 5.91 Å². The van der Waals surface area contributed by atoms with Crippen molar-refractivity contribution in [3.8, 4) is 0 Å². The maximum absolute atomic E-state index is 10.5. The van der Waals surface area contributed by atoms with E-state index in [-0.39, 0.29) is 35.5 Å². The third kappa shape index (κ3) is 36.9. The summed E-state index contributed by atoms with van der Waals surface area (Å²) in [6, 6.07) is 0. The van der Waals surface area contributed by atoms with Gasteiger partial charge in [0.15, 0.2) is 0 Å². The Hall–Kier alpha value is 0.0800. The topological polar surface area (TPSA) is 121 Å². The molecule has 0 fully saturated rings. The fourth-order valence-corrected chi connectivity index (χ4v) is 2.71. The van der Waals surface area contributed by atoms with Gasteiger partial charge in [0.1, 0.15) is 0 Å². The predicted molar refractivity (Wildman–Crippen MR) is 110 cm³/mol. The van der Waals surface area contributed by atoms with E-state index in [1.807, 2.05) is 0 Å². The average molecular weight is 430 g/mol. The van der Waals surface area contributed by atoms with Crippen molar-refractivity contribution in [3.05, 3.63) is 12.2 Å². The van der Waals surface area contributed by atoms with Gasteiger partial charge in [-0.3, -0.25) is 4.79 Å². The molecule has 0 spiro atoms. The van der Waals surface area contributed by atoms with Gasteiger partial charge < -0.3 is 15.4 Å². The SMILES string of the molecule is CCCCCCCC/C=C\CCCCCCCC(N)=O.O=S(=O)([O-])CCO.[Na+]. The number of rotatable bonds is 17. The van der Waals surface area contributed by atoms with Crippen molar-refractivity contribution in [3.63, 3.8) is 0 Å². The van der Waals surface area contributed by atoms with Gasteiger partial charge in [0, 0.05) is 6.42 Å². The summed E-state index contributed by atoms with van der Waals surface area (Å²) < 4.78 is 28.5. The largest absolute Gasteiger partial charge is 1.00 e. The molecule has 0 aromatic carbocycles. The van der Waals surface area contributed by atoms with Crippen molar-refractivity contribution in [2.45, 2.75) is 96.8 Å². The molecular formula is C20H40NNaO5S. The van der Waals surface area contributed by atoms with Crippen molar-refractivity contribution in [2.75, 3.05) is 12.4 Å². The molecule has 0 saturated heterocycles. The van der Waals surface area contributed by atoms with Gasteiger partial charge in [-0.05, 0) is 32.1 Å².